The molecule has 0 aliphatic carbocycles. The third-order valence-electron chi connectivity index (χ3n) is 5.69. The number of morpholine rings is 1. The van der Waals surface area contributed by atoms with Crippen molar-refractivity contribution in [1.29, 1.82) is 5.26 Å². The molecule has 0 saturated carbocycles. The Labute approximate surface area is 202 Å². The normalized spacial score (nSPS) is 17.9. The van der Waals surface area contributed by atoms with E-state index in [9.17, 15) is 0 Å². The van der Waals surface area contributed by atoms with Crippen LogP contribution in [0.5, 0.6) is 11.6 Å². The lowest BCUT2D eigenvalue weighted by Gasteiger charge is -2.35. The van der Waals surface area contributed by atoms with E-state index in [0.29, 0.717) is 40.0 Å². The van der Waals surface area contributed by atoms with Crippen LogP contribution < -0.4 is 15.0 Å². The van der Waals surface area contributed by atoms with Gasteiger partial charge >= 0.3 is 0 Å². The molecule has 178 valence electrons. The number of nitrogens with zero attached hydrogens (tertiary/aromatic N) is 8. The van der Waals surface area contributed by atoms with E-state index < -0.39 is 0 Å². The van der Waals surface area contributed by atoms with Crippen LogP contribution in [0.3, 0.4) is 0 Å². The number of aryl methyl sites for hydroxylation is 2. The van der Waals surface area contributed by atoms with Crippen molar-refractivity contribution in [3.63, 3.8) is 0 Å². The Morgan fingerprint density at radius 2 is 1.94 bits per heavy atom. The SMILES string of the molecule is Cc1cc(C#N)ncc1Oc1cc(Nc2ccc(N3C[C@@H](C)O[C@H](C)C3)nn2)c2ncn(C)c2n1. The van der Waals surface area contributed by atoms with E-state index in [-0.39, 0.29) is 12.2 Å². The van der Waals surface area contributed by atoms with Crippen LogP contribution in [-0.2, 0) is 11.8 Å². The van der Waals surface area contributed by atoms with Crippen LogP contribution in [0.15, 0.2) is 36.8 Å². The monoisotopic (exact) mass is 471 g/mol. The fraction of sp³-hybridized carbons (Fsp3) is 0.333. The third-order valence-corrected chi connectivity index (χ3v) is 5.69. The largest absolute Gasteiger partial charge is 0.437 e. The number of imidazole rings is 1. The highest BCUT2D eigenvalue weighted by Gasteiger charge is 2.23. The van der Waals surface area contributed by atoms with Crippen LogP contribution in [0.1, 0.15) is 25.1 Å². The maximum atomic E-state index is 9.06. The first-order chi connectivity index (χ1) is 16.9. The molecular formula is C24H25N9O2. The first-order valence-electron chi connectivity index (χ1n) is 11.3. The maximum Gasteiger partial charge on any atom is 0.223 e. The predicted octanol–water partition coefficient (Wildman–Crippen LogP) is 3.48. The van der Waals surface area contributed by atoms with Crippen molar-refractivity contribution < 1.29 is 9.47 Å². The lowest BCUT2D eigenvalue weighted by atomic mass is 10.2. The number of nitrogens with one attached hydrogen (secondary N) is 1. The summed E-state index contributed by atoms with van der Waals surface area (Å²) < 4.78 is 13.6. The van der Waals surface area contributed by atoms with Gasteiger partial charge < -0.3 is 24.3 Å². The van der Waals surface area contributed by atoms with E-state index in [4.69, 9.17) is 14.7 Å². The molecule has 11 heteroatoms. The molecule has 0 unspecified atom stereocenters. The molecule has 1 N–H and O–H groups in total. The third kappa shape index (κ3) is 4.69. The van der Waals surface area contributed by atoms with Crippen LogP contribution >= 0.6 is 0 Å². The first kappa shape index (κ1) is 22.5. The summed E-state index contributed by atoms with van der Waals surface area (Å²) in [6.45, 7) is 7.52. The highest BCUT2D eigenvalue weighted by molar-refractivity contribution is 5.88. The van der Waals surface area contributed by atoms with Crippen LogP contribution in [0.25, 0.3) is 11.2 Å². The standard InChI is InChI=1S/C24H25N9O2/c1-14-7-17(9-25)26-10-19(14)35-22-8-18(23-24(29-22)32(4)13-27-23)28-20-5-6-21(31-30-20)33-11-15(2)34-16(3)12-33/h5-8,10,13,15-16H,11-12H2,1-4H3,(H,28,29,30)/t15-,16-/m1/s1. The van der Waals surface area contributed by atoms with E-state index >= 15 is 0 Å². The van der Waals surface area contributed by atoms with Crippen LogP contribution in [0.2, 0.25) is 0 Å². The summed E-state index contributed by atoms with van der Waals surface area (Å²) in [5.74, 6) is 2.26. The number of hydrogen-bond acceptors (Lipinski definition) is 10. The summed E-state index contributed by atoms with van der Waals surface area (Å²) in [6, 6.07) is 9.29. The minimum absolute atomic E-state index is 0.140. The highest BCUT2D eigenvalue weighted by atomic mass is 16.5. The van der Waals surface area contributed by atoms with Crippen molar-refractivity contribution in [1.82, 2.24) is 29.7 Å². The predicted molar refractivity (Wildman–Crippen MR) is 130 cm³/mol. The summed E-state index contributed by atoms with van der Waals surface area (Å²) in [5.41, 5.74) is 3.11. The summed E-state index contributed by atoms with van der Waals surface area (Å²) in [7, 11) is 1.86. The van der Waals surface area contributed by atoms with Gasteiger partial charge in [0.2, 0.25) is 5.88 Å². The zero-order valence-corrected chi connectivity index (χ0v) is 19.9. The molecule has 5 rings (SSSR count). The molecule has 0 bridgehead atoms. The molecule has 0 radical (unpaired) electrons. The maximum absolute atomic E-state index is 9.06. The van der Waals surface area contributed by atoms with Gasteiger partial charge in [-0.2, -0.15) is 10.2 Å². The van der Waals surface area contributed by atoms with Gasteiger partial charge in [0.05, 0.1) is 30.4 Å². The molecule has 11 nitrogen and oxygen atoms in total. The fourth-order valence-corrected chi connectivity index (χ4v) is 4.11. The van der Waals surface area contributed by atoms with Gasteiger partial charge in [-0.05, 0) is 44.5 Å². The number of anilines is 3. The lowest BCUT2D eigenvalue weighted by Crippen LogP contribution is -2.45. The van der Waals surface area contributed by atoms with Crippen LogP contribution in [-0.4, -0.2) is 55.0 Å². The van der Waals surface area contributed by atoms with Gasteiger partial charge in [-0.3, -0.25) is 0 Å². The average molecular weight is 472 g/mol. The zero-order chi connectivity index (χ0) is 24.5. The van der Waals surface area contributed by atoms with E-state index in [1.165, 1.54) is 6.20 Å². The number of rotatable bonds is 5. The Bertz CT molecular complexity index is 1400. The van der Waals surface area contributed by atoms with Gasteiger partial charge in [-0.25, -0.2) is 9.97 Å². The summed E-state index contributed by atoms with van der Waals surface area (Å²) in [4.78, 5) is 15.3. The van der Waals surface area contributed by atoms with Gasteiger partial charge in [0.1, 0.15) is 17.3 Å². The van der Waals surface area contributed by atoms with Crippen LogP contribution in [0.4, 0.5) is 17.3 Å². The fourth-order valence-electron chi connectivity index (χ4n) is 4.11. The quantitative estimate of drug-likeness (QED) is 0.462. The lowest BCUT2D eigenvalue weighted by molar-refractivity contribution is -0.00550. The van der Waals surface area contributed by atoms with Crippen molar-refractivity contribution in [2.45, 2.75) is 33.0 Å². The van der Waals surface area contributed by atoms with E-state index in [2.05, 4.69) is 49.2 Å². The second-order valence-corrected chi connectivity index (χ2v) is 8.65. The molecule has 1 aliphatic heterocycles. The molecule has 0 aromatic carbocycles. The Morgan fingerprint density at radius 1 is 1.14 bits per heavy atom. The Kier molecular flexibility index (Phi) is 5.88. The van der Waals surface area contributed by atoms with Gasteiger partial charge in [0.25, 0.3) is 0 Å². The average Bonchev–Trinajstić information content (AvgIpc) is 3.21. The minimum Gasteiger partial charge on any atom is -0.437 e. The zero-order valence-electron chi connectivity index (χ0n) is 19.9. The first-order valence-corrected chi connectivity index (χ1v) is 11.3. The Balaban J connectivity index is 1.42. The molecule has 0 amide bonds. The summed E-state index contributed by atoms with van der Waals surface area (Å²) >= 11 is 0. The van der Waals surface area contributed by atoms with Crippen LogP contribution in [0, 0.1) is 18.3 Å². The molecule has 4 aromatic rings. The topological polar surface area (TPSA) is 127 Å². The molecule has 1 fully saturated rings. The number of fused-ring (bicyclic) bond motifs is 1. The van der Waals surface area contributed by atoms with Crippen molar-refractivity contribution in [2.75, 3.05) is 23.3 Å². The molecular weight excluding hydrogens is 446 g/mol. The van der Waals surface area contributed by atoms with Crippen molar-refractivity contribution >= 4 is 28.5 Å². The second-order valence-electron chi connectivity index (χ2n) is 8.65. The Hall–Kier alpha value is -4.30. The number of ether oxygens (including phenoxy) is 2. The van der Waals surface area contributed by atoms with E-state index in [1.54, 1.807) is 18.5 Å². The molecule has 35 heavy (non-hydrogen) atoms. The molecule has 0 spiro atoms. The molecule has 2 atom stereocenters. The molecule has 5 heterocycles. The van der Waals surface area contributed by atoms with E-state index in [0.717, 1.165) is 24.5 Å². The number of nitriles is 1. The van der Waals surface area contributed by atoms with Gasteiger partial charge in [0.15, 0.2) is 23.0 Å². The highest BCUT2D eigenvalue weighted by Crippen LogP contribution is 2.31. The molecule has 4 aromatic heterocycles. The van der Waals surface area contributed by atoms with Crippen molar-refractivity contribution in [3.05, 3.63) is 48.0 Å². The number of aromatic nitrogens is 6. The molecule has 1 aliphatic rings. The number of hydrogen-bond donors (Lipinski definition) is 1. The second kappa shape index (κ2) is 9.15. The van der Waals surface area contributed by atoms with E-state index in [1.807, 2.05) is 36.7 Å². The van der Waals surface area contributed by atoms with Crippen molar-refractivity contribution in [2.24, 2.45) is 7.05 Å². The smallest absolute Gasteiger partial charge is 0.223 e. The summed E-state index contributed by atoms with van der Waals surface area (Å²) in [5, 5.41) is 21.2. The minimum atomic E-state index is 0.140. The van der Waals surface area contributed by atoms with Crippen molar-refractivity contribution in [3.8, 4) is 17.7 Å². The van der Waals surface area contributed by atoms with Gasteiger partial charge in [-0.1, -0.05) is 0 Å². The van der Waals surface area contributed by atoms with Gasteiger partial charge in [-0.15, -0.1) is 10.2 Å². The summed E-state index contributed by atoms with van der Waals surface area (Å²) in [6.07, 6.45) is 3.49. The Morgan fingerprint density at radius 3 is 2.63 bits per heavy atom. The van der Waals surface area contributed by atoms with Gasteiger partial charge in [0, 0.05) is 26.2 Å². The molecule has 1 saturated heterocycles. The number of pyridine rings is 2.